The van der Waals surface area contributed by atoms with Crippen LogP contribution in [0.15, 0.2) is 47.6 Å². The van der Waals surface area contributed by atoms with Crippen LogP contribution in [0.5, 0.6) is 17.2 Å². The highest BCUT2D eigenvalue weighted by Gasteiger charge is 2.15. The molecule has 0 aliphatic carbocycles. The number of nitrogens with one attached hydrogen (secondary N) is 2. The topological polar surface area (TPSA) is 84.9 Å². The summed E-state index contributed by atoms with van der Waals surface area (Å²) >= 11 is 0. The van der Waals surface area contributed by atoms with E-state index in [0.717, 1.165) is 10.9 Å². The first-order valence-corrected chi connectivity index (χ1v) is 7.88. The lowest BCUT2D eigenvalue weighted by Gasteiger charge is -2.05. The highest BCUT2D eigenvalue weighted by molar-refractivity contribution is 6.01. The molecule has 26 heavy (non-hydrogen) atoms. The molecule has 134 valence electrons. The zero-order chi connectivity index (χ0) is 18.5. The maximum Gasteiger partial charge on any atom is 0.287 e. The van der Waals surface area contributed by atoms with Crippen LogP contribution in [0.1, 0.15) is 16.1 Å². The molecule has 0 bridgehead atoms. The molecule has 2 N–H and O–H groups in total. The molecule has 0 atom stereocenters. The summed E-state index contributed by atoms with van der Waals surface area (Å²) in [6.45, 7) is 0. The lowest BCUT2D eigenvalue weighted by molar-refractivity contribution is 0.0951. The third-order valence-electron chi connectivity index (χ3n) is 3.91. The number of nitrogens with zero attached hydrogens (tertiary/aromatic N) is 1. The van der Waals surface area contributed by atoms with Gasteiger partial charge < -0.3 is 19.2 Å². The Balaban J connectivity index is 1.83. The van der Waals surface area contributed by atoms with Crippen LogP contribution in [0.3, 0.4) is 0 Å². The van der Waals surface area contributed by atoms with Crippen molar-refractivity contribution in [3.8, 4) is 17.2 Å². The van der Waals surface area contributed by atoms with E-state index in [0.29, 0.717) is 28.5 Å². The quantitative estimate of drug-likeness (QED) is 0.527. The van der Waals surface area contributed by atoms with Gasteiger partial charge in [-0.3, -0.25) is 4.79 Å². The van der Waals surface area contributed by atoms with E-state index in [9.17, 15) is 4.79 Å². The Bertz CT molecular complexity index is 922. The van der Waals surface area contributed by atoms with Crippen molar-refractivity contribution >= 4 is 23.0 Å². The maximum absolute atomic E-state index is 12.4. The van der Waals surface area contributed by atoms with Crippen LogP contribution in [0.2, 0.25) is 0 Å². The number of aromatic amines is 1. The van der Waals surface area contributed by atoms with Gasteiger partial charge in [0.1, 0.15) is 22.9 Å². The molecule has 0 saturated carbocycles. The zero-order valence-electron chi connectivity index (χ0n) is 14.7. The van der Waals surface area contributed by atoms with Crippen molar-refractivity contribution in [2.24, 2.45) is 5.10 Å². The first kappa shape index (κ1) is 17.3. The molecule has 0 unspecified atom stereocenters. The van der Waals surface area contributed by atoms with E-state index >= 15 is 0 Å². The van der Waals surface area contributed by atoms with Gasteiger partial charge in [0, 0.05) is 10.9 Å². The predicted molar refractivity (Wildman–Crippen MR) is 99.5 cm³/mol. The summed E-state index contributed by atoms with van der Waals surface area (Å²) in [6.07, 6.45) is 1.53. The number of hydrazone groups is 1. The molecular formula is C19H19N3O4. The number of amides is 1. The first-order chi connectivity index (χ1) is 12.7. The number of fused-ring (bicyclic) bond motifs is 1. The second kappa shape index (κ2) is 7.60. The highest BCUT2D eigenvalue weighted by atomic mass is 16.5. The largest absolute Gasteiger partial charge is 0.496 e. The van der Waals surface area contributed by atoms with Crippen molar-refractivity contribution in [1.29, 1.82) is 0 Å². The van der Waals surface area contributed by atoms with E-state index < -0.39 is 0 Å². The minimum Gasteiger partial charge on any atom is -0.496 e. The minimum atomic E-state index is -0.378. The van der Waals surface area contributed by atoms with E-state index in [4.69, 9.17) is 14.2 Å². The summed E-state index contributed by atoms with van der Waals surface area (Å²) in [5.41, 5.74) is 4.29. The maximum atomic E-state index is 12.4. The Morgan fingerprint density at radius 3 is 2.42 bits per heavy atom. The van der Waals surface area contributed by atoms with Gasteiger partial charge in [-0.05, 0) is 30.3 Å². The van der Waals surface area contributed by atoms with Crippen LogP contribution >= 0.6 is 0 Å². The van der Waals surface area contributed by atoms with Gasteiger partial charge in [0.2, 0.25) is 0 Å². The van der Waals surface area contributed by atoms with Gasteiger partial charge in [-0.25, -0.2) is 5.43 Å². The fourth-order valence-corrected chi connectivity index (χ4v) is 2.63. The van der Waals surface area contributed by atoms with Crippen LogP contribution in [-0.2, 0) is 0 Å². The van der Waals surface area contributed by atoms with Crippen molar-refractivity contribution in [2.75, 3.05) is 21.3 Å². The SMILES string of the molecule is COc1ccccc1/C=N\NC(=O)c1cc2c(OC)ccc(OC)c2[nH]1. The molecule has 7 heteroatoms. The van der Waals surface area contributed by atoms with Crippen molar-refractivity contribution in [3.63, 3.8) is 0 Å². The van der Waals surface area contributed by atoms with E-state index in [2.05, 4.69) is 15.5 Å². The van der Waals surface area contributed by atoms with Gasteiger partial charge in [0.05, 0.1) is 33.1 Å². The molecule has 0 fully saturated rings. The molecule has 0 radical (unpaired) electrons. The number of H-pyrrole nitrogens is 1. The number of para-hydroxylation sites is 1. The molecule has 3 aromatic rings. The Morgan fingerprint density at radius 2 is 1.69 bits per heavy atom. The number of hydrogen-bond donors (Lipinski definition) is 2. The normalized spacial score (nSPS) is 10.9. The number of methoxy groups -OCH3 is 3. The summed E-state index contributed by atoms with van der Waals surface area (Å²) in [7, 11) is 4.72. The van der Waals surface area contributed by atoms with E-state index in [1.54, 1.807) is 39.5 Å². The molecule has 1 heterocycles. The van der Waals surface area contributed by atoms with Gasteiger partial charge in [-0.15, -0.1) is 0 Å². The van der Waals surface area contributed by atoms with Crippen LogP contribution < -0.4 is 19.6 Å². The Morgan fingerprint density at radius 1 is 1.00 bits per heavy atom. The monoisotopic (exact) mass is 353 g/mol. The Kier molecular flexibility index (Phi) is 5.07. The lowest BCUT2D eigenvalue weighted by atomic mass is 10.2. The fourth-order valence-electron chi connectivity index (χ4n) is 2.63. The molecule has 0 aliphatic rings. The summed E-state index contributed by atoms with van der Waals surface area (Å²) in [4.78, 5) is 15.4. The zero-order valence-corrected chi connectivity index (χ0v) is 14.7. The Labute approximate surface area is 150 Å². The number of benzene rings is 2. The Hall–Kier alpha value is -3.48. The second-order valence-corrected chi connectivity index (χ2v) is 5.38. The minimum absolute atomic E-state index is 0.347. The first-order valence-electron chi connectivity index (χ1n) is 7.88. The number of aromatic nitrogens is 1. The standard InChI is InChI=1S/C19H19N3O4/c1-24-15-7-5-4-6-12(15)11-20-22-19(23)14-10-13-16(25-2)8-9-17(26-3)18(13)21-14/h4-11,21H,1-3H3,(H,22,23)/b20-11-. The molecule has 0 aliphatic heterocycles. The summed E-state index contributed by atoms with van der Waals surface area (Å²) in [5, 5.41) is 4.75. The van der Waals surface area contributed by atoms with Crippen molar-refractivity contribution < 1.29 is 19.0 Å². The predicted octanol–water partition coefficient (Wildman–Crippen LogP) is 2.96. The molecule has 1 aromatic heterocycles. The molecule has 2 aromatic carbocycles. The van der Waals surface area contributed by atoms with Gasteiger partial charge in [0.25, 0.3) is 5.91 Å². The van der Waals surface area contributed by atoms with Gasteiger partial charge >= 0.3 is 0 Å². The van der Waals surface area contributed by atoms with Crippen LogP contribution in [0, 0.1) is 0 Å². The second-order valence-electron chi connectivity index (χ2n) is 5.38. The average molecular weight is 353 g/mol. The van der Waals surface area contributed by atoms with E-state index in [1.807, 2.05) is 24.3 Å². The molecular weight excluding hydrogens is 334 g/mol. The number of hydrogen-bond acceptors (Lipinski definition) is 5. The van der Waals surface area contributed by atoms with Gasteiger partial charge in [-0.2, -0.15) is 5.10 Å². The molecule has 0 saturated heterocycles. The van der Waals surface area contributed by atoms with Crippen LogP contribution in [0.4, 0.5) is 0 Å². The molecule has 7 nitrogen and oxygen atoms in total. The van der Waals surface area contributed by atoms with E-state index in [1.165, 1.54) is 6.21 Å². The third-order valence-corrected chi connectivity index (χ3v) is 3.91. The molecule has 1 amide bonds. The van der Waals surface area contributed by atoms with E-state index in [-0.39, 0.29) is 5.91 Å². The summed E-state index contributed by atoms with van der Waals surface area (Å²) < 4.78 is 15.9. The average Bonchev–Trinajstić information content (AvgIpc) is 3.13. The number of carbonyl (C=O) groups excluding carboxylic acids is 1. The smallest absolute Gasteiger partial charge is 0.287 e. The van der Waals surface area contributed by atoms with Crippen molar-refractivity contribution in [2.45, 2.75) is 0 Å². The number of ether oxygens (including phenoxy) is 3. The fraction of sp³-hybridized carbons (Fsp3) is 0.158. The third kappa shape index (κ3) is 3.32. The number of rotatable bonds is 6. The van der Waals surface area contributed by atoms with Crippen LogP contribution in [0.25, 0.3) is 10.9 Å². The van der Waals surface area contributed by atoms with Crippen molar-refractivity contribution in [3.05, 3.63) is 53.7 Å². The van der Waals surface area contributed by atoms with Gasteiger partial charge in [0.15, 0.2) is 0 Å². The van der Waals surface area contributed by atoms with Crippen LogP contribution in [-0.4, -0.2) is 38.4 Å². The molecule has 3 rings (SSSR count). The number of carbonyl (C=O) groups is 1. The van der Waals surface area contributed by atoms with Gasteiger partial charge in [-0.1, -0.05) is 12.1 Å². The summed E-state index contributed by atoms with van der Waals surface area (Å²) in [5.74, 6) is 1.56. The lowest BCUT2D eigenvalue weighted by Crippen LogP contribution is -2.17. The summed E-state index contributed by atoms with van der Waals surface area (Å²) in [6, 6.07) is 12.6. The van der Waals surface area contributed by atoms with Crippen molar-refractivity contribution in [1.82, 2.24) is 10.4 Å². The highest BCUT2D eigenvalue weighted by Crippen LogP contribution is 2.33. The molecule has 0 spiro atoms.